The van der Waals surface area contributed by atoms with E-state index < -0.39 is 0 Å². The third-order valence-electron chi connectivity index (χ3n) is 4.85. The van der Waals surface area contributed by atoms with Crippen LogP contribution in [0.3, 0.4) is 0 Å². The molecule has 0 N–H and O–H groups in total. The molecular formula is C22H23N3O3. The van der Waals surface area contributed by atoms with Gasteiger partial charge in [0.25, 0.3) is 5.91 Å². The zero-order valence-corrected chi connectivity index (χ0v) is 16.1. The van der Waals surface area contributed by atoms with E-state index >= 15 is 0 Å². The van der Waals surface area contributed by atoms with Crippen LogP contribution < -0.4 is 4.74 Å². The van der Waals surface area contributed by atoms with Gasteiger partial charge in [-0.15, -0.1) is 0 Å². The van der Waals surface area contributed by atoms with Gasteiger partial charge in [0, 0.05) is 25.1 Å². The topological polar surface area (TPSA) is 68.5 Å². The molecule has 1 saturated heterocycles. The third-order valence-corrected chi connectivity index (χ3v) is 4.85. The number of likely N-dealkylation sites (tertiary alicyclic amines) is 1. The molecule has 0 aliphatic carbocycles. The molecule has 2 aromatic carbocycles. The fourth-order valence-corrected chi connectivity index (χ4v) is 3.26. The molecule has 6 nitrogen and oxygen atoms in total. The Morgan fingerprint density at radius 3 is 2.64 bits per heavy atom. The van der Waals surface area contributed by atoms with Gasteiger partial charge in [0.05, 0.1) is 12.5 Å². The van der Waals surface area contributed by atoms with Crippen LogP contribution in [-0.4, -0.2) is 40.6 Å². The Bertz CT molecular complexity index is 976. The lowest BCUT2D eigenvalue weighted by molar-refractivity contribution is 0.0569. The van der Waals surface area contributed by atoms with Gasteiger partial charge in [-0.05, 0) is 43.7 Å². The standard InChI is InChI=1S/C22H23N3O3/c1-15-5-3-7-17(11-15)22(26)25-13-18(14-25)21-23-20(24-28-21)9-10-27-19-8-4-6-16(2)12-19/h3-8,11-12,18H,9-10,13-14H2,1-2H3. The van der Waals surface area contributed by atoms with E-state index in [9.17, 15) is 4.79 Å². The van der Waals surface area contributed by atoms with Crippen LogP contribution in [0.4, 0.5) is 0 Å². The van der Waals surface area contributed by atoms with E-state index in [1.165, 1.54) is 0 Å². The minimum Gasteiger partial charge on any atom is -0.493 e. The molecule has 4 rings (SSSR count). The fraction of sp³-hybridized carbons (Fsp3) is 0.318. The molecule has 144 valence electrons. The van der Waals surface area contributed by atoms with Crippen LogP contribution in [0.25, 0.3) is 0 Å². The monoisotopic (exact) mass is 377 g/mol. The van der Waals surface area contributed by atoms with Gasteiger partial charge in [-0.3, -0.25) is 4.79 Å². The summed E-state index contributed by atoms with van der Waals surface area (Å²) in [5.41, 5.74) is 2.96. The van der Waals surface area contributed by atoms with Crippen LogP contribution in [0.15, 0.2) is 53.1 Å². The second kappa shape index (κ2) is 7.84. The van der Waals surface area contributed by atoms with Gasteiger partial charge in [0.15, 0.2) is 5.82 Å². The number of aromatic nitrogens is 2. The number of nitrogens with zero attached hydrogens (tertiary/aromatic N) is 3. The number of carbonyl (C=O) groups is 1. The predicted molar refractivity (Wildman–Crippen MR) is 104 cm³/mol. The van der Waals surface area contributed by atoms with Gasteiger partial charge >= 0.3 is 0 Å². The first-order valence-electron chi connectivity index (χ1n) is 9.46. The number of carbonyl (C=O) groups excluding carboxylic acids is 1. The summed E-state index contributed by atoms with van der Waals surface area (Å²) in [6.07, 6.45) is 0.579. The zero-order valence-electron chi connectivity index (χ0n) is 16.1. The van der Waals surface area contributed by atoms with Gasteiger partial charge < -0.3 is 14.2 Å². The second-order valence-corrected chi connectivity index (χ2v) is 7.24. The molecule has 2 heterocycles. The lowest BCUT2D eigenvalue weighted by Gasteiger charge is -2.37. The Kier molecular flexibility index (Phi) is 5.10. The highest BCUT2D eigenvalue weighted by atomic mass is 16.5. The maximum Gasteiger partial charge on any atom is 0.253 e. The van der Waals surface area contributed by atoms with Crippen LogP contribution in [0.1, 0.15) is 39.1 Å². The summed E-state index contributed by atoms with van der Waals surface area (Å²) in [7, 11) is 0. The van der Waals surface area contributed by atoms with Crippen molar-refractivity contribution in [3.63, 3.8) is 0 Å². The van der Waals surface area contributed by atoms with Crippen molar-refractivity contribution in [3.8, 4) is 5.75 Å². The highest BCUT2D eigenvalue weighted by Gasteiger charge is 2.35. The first-order valence-corrected chi connectivity index (χ1v) is 9.46. The smallest absolute Gasteiger partial charge is 0.253 e. The molecule has 0 bridgehead atoms. The number of hydrogen-bond acceptors (Lipinski definition) is 5. The molecule has 6 heteroatoms. The van der Waals surface area contributed by atoms with Crippen molar-refractivity contribution < 1.29 is 14.1 Å². The maximum atomic E-state index is 12.5. The minimum absolute atomic E-state index is 0.0474. The van der Waals surface area contributed by atoms with Crippen LogP contribution in [0.5, 0.6) is 5.75 Å². The highest BCUT2D eigenvalue weighted by molar-refractivity contribution is 5.95. The van der Waals surface area contributed by atoms with Crippen molar-refractivity contribution in [1.82, 2.24) is 15.0 Å². The Morgan fingerprint density at radius 2 is 1.89 bits per heavy atom. The van der Waals surface area contributed by atoms with Crippen LogP contribution in [0.2, 0.25) is 0 Å². The van der Waals surface area contributed by atoms with E-state index in [2.05, 4.69) is 10.1 Å². The van der Waals surface area contributed by atoms with E-state index in [1.54, 1.807) is 0 Å². The number of aryl methyl sites for hydroxylation is 2. The summed E-state index contributed by atoms with van der Waals surface area (Å²) in [6.45, 7) is 5.72. The SMILES string of the molecule is Cc1cccc(OCCc2noc(C3CN(C(=O)c4cccc(C)c4)C3)n2)c1. The van der Waals surface area contributed by atoms with Crippen molar-refractivity contribution in [1.29, 1.82) is 0 Å². The predicted octanol–water partition coefficient (Wildman–Crippen LogP) is 3.55. The first-order chi connectivity index (χ1) is 13.6. The van der Waals surface area contributed by atoms with E-state index in [4.69, 9.17) is 9.26 Å². The van der Waals surface area contributed by atoms with E-state index in [1.807, 2.05) is 67.3 Å². The Morgan fingerprint density at radius 1 is 1.14 bits per heavy atom. The molecule has 1 aliphatic heterocycles. The molecule has 0 atom stereocenters. The van der Waals surface area contributed by atoms with Gasteiger partial charge in [0.2, 0.25) is 5.89 Å². The number of hydrogen-bond donors (Lipinski definition) is 0. The fourth-order valence-electron chi connectivity index (χ4n) is 3.26. The lowest BCUT2D eigenvalue weighted by atomic mass is 9.98. The molecule has 1 aromatic heterocycles. The first kappa shape index (κ1) is 18.2. The zero-order chi connectivity index (χ0) is 19.5. The molecule has 1 aliphatic rings. The summed E-state index contributed by atoms with van der Waals surface area (Å²) in [6, 6.07) is 15.6. The number of amides is 1. The van der Waals surface area contributed by atoms with Crippen LogP contribution >= 0.6 is 0 Å². The third kappa shape index (κ3) is 4.06. The molecule has 0 unspecified atom stereocenters. The molecule has 1 amide bonds. The second-order valence-electron chi connectivity index (χ2n) is 7.24. The van der Waals surface area contributed by atoms with E-state index in [-0.39, 0.29) is 11.8 Å². The molecule has 0 radical (unpaired) electrons. The largest absolute Gasteiger partial charge is 0.493 e. The number of rotatable bonds is 6. The maximum absolute atomic E-state index is 12.5. The number of benzene rings is 2. The highest BCUT2D eigenvalue weighted by Crippen LogP contribution is 2.27. The summed E-state index contributed by atoms with van der Waals surface area (Å²) >= 11 is 0. The molecule has 28 heavy (non-hydrogen) atoms. The number of ether oxygens (including phenoxy) is 1. The molecule has 0 spiro atoms. The van der Waals surface area contributed by atoms with Crippen LogP contribution in [-0.2, 0) is 6.42 Å². The van der Waals surface area contributed by atoms with Crippen molar-refractivity contribution in [2.45, 2.75) is 26.2 Å². The van der Waals surface area contributed by atoms with Crippen molar-refractivity contribution in [2.24, 2.45) is 0 Å². The van der Waals surface area contributed by atoms with E-state index in [0.717, 1.165) is 22.4 Å². The molecular weight excluding hydrogens is 354 g/mol. The van der Waals surface area contributed by atoms with Gasteiger partial charge in [0.1, 0.15) is 5.75 Å². The summed E-state index contributed by atoms with van der Waals surface area (Å²) in [5, 5.41) is 4.04. The normalized spacial score (nSPS) is 14.0. The molecule has 0 saturated carbocycles. The average Bonchev–Trinajstić information content (AvgIpc) is 3.09. The van der Waals surface area contributed by atoms with Gasteiger partial charge in [-0.25, -0.2) is 0 Å². The van der Waals surface area contributed by atoms with Gasteiger partial charge in [-0.1, -0.05) is 35.0 Å². The van der Waals surface area contributed by atoms with Crippen LogP contribution in [0, 0.1) is 13.8 Å². The van der Waals surface area contributed by atoms with Crippen molar-refractivity contribution >= 4 is 5.91 Å². The summed E-state index contributed by atoms with van der Waals surface area (Å²) in [4.78, 5) is 18.8. The quantitative estimate of drug-likeness (QED) is 0.657. The van der Waals surface area contributed by atoms with Gasteiger partial charge in [-0.2, -0.15) is 4.98 Å². The Balaban J connectivity index is 1.27. The Labute approximate surface area is 164 Å². The summed E-state index contributed by atoms with van der Waals surface area (Å²) < 4.78 is 11.1. The lowest BCUT2D eigenvalue weighted by Crippen LogP contribution is -2.48. The summed E-state index contributed by atoms with van der Waals surface area (Å²) in [5.74, 6) is 2.22. The van der Waals surface area contributed by atoms with Crippen molar-refractivity contribution in [3.05, 3.63) is 76.9 Å². The average molecular weight is 377 g/mol. The molecule has 3 aromatic rings. The van der Waals surface area contributed by atoms with Crippen molar-refractivity contribution in [2.75, 3.05) is 19.7 Å². The Hall–Kier alpha value is -3.15. The minimum atomic E-state index is 0.0474. The van der Waals surface area contributed by atoms with E-state index in [0.29, 0.717) is 37.8 Å². The molecule has 1 fully saturated rings.